The average Bonchev–Trinajstić information content (AvgIpc) is 2.40. The fourth-order valence-corrected chi connectivity index (χ4v) is 3.58. The molecule has 1 fully saturated rings. The van der Waals surface area contributed by atoms with Gasteiger partial charge in [0.1, 0.15) is 23.0 Å². The first-order valence-corrected chi connectivity index (χ1v) is 8.28. The van der Waals surface area contributed by atoms with Crippen molar-refractivity contribution in [1.29, 1.82) is 0 Å². The monoisotopic (exact) mass is 343 g/mol. The van der Waals surface area contributed by atoms with Crippen molar-refractivity contribution in [2.45, 2.75) is 44.1 Å². The SMILES string of the molecule is CC(C)(C)OC(=O)N[C@H]1CC(=O)CSC1c1cc(F)ccc1F. The number of benzene rings is 1. The number of halogens is 2. The molecule has 1 amide bonds. The molecule has 0 aromatic heterocycles. The van der Waals surface area contributed by atoms with E-state index in [1.807, 2.05) is 0 Å². The molecule has 1 N–H and O–H groups in total. The zero-order chi connectivity index (χ0) is 17.2. The molecule has 0 aliphatic carbocycles. The molecule has 1 aromatic carbocycles. The number of Topliss-reactive ketones (excluding diaryl/α,β-unsaturated/α-hetero) is 1. The standard InChI is InChI=1S/C16H19F2NO3S/c1-16(2,3)22-15(21)19-13-7-10(20)8-23-14(13)11-6-9(17)4-5-12(11)18/h4-6,13-14H,7-8H2,1-3H3,(H,19,21)/t13-,14?/m0/s1. The smallest absolute Gasteiger partial charge is 0.407 e. The molecule has 1 saturated heterocycles. The molecule has 23 heavy (non-hydrogen) atoms. The molecule has 1 aromatic rings. The summed E-state index contributed by atoms with van der Waals surface area (Å²) in [6.45, 7) is 5.16. The Morgan fingerprint density at radius 1 is 1.35 bits per heavy atom. The van der Waals surface area contributed by atoms with E-state index in [0.29, 0.717) is 0 Å². The zero-order valence-electron chi connectivity index (χ0n) is 13.2. The number of hydrogen-bond acceptors (Lipinski definition) is 4. The van der Waals surface area contributed by atoms with Gasteiger partial charge in [0.2, 0.25) is 0 Å². The van der Waals surface area contributed by atoms with Gasteiger partial charge in [0.25, 0.3) is 0 Å². The van der Waals surface area contributed by atoms with Gasteiger partial charge in [-0.15, -0.1) is 11.8 Å². The van der Waals surface area contributed by atoms with Gasteiger partial charge in [-0.3, -0.25) is 4.79 Å². The molecule has 126 valence electrons. The first kappa shape index (κ1) is 17.7. The number of ether oxygens (including phenoxy) is 1. The van der Waals surface area contributed by atoms with Crippen molar-refractivity contribution >= 4 is 23.6 Å². The Morgan fingerprint density at radius 3 is 2.70 bits per heavy atom. The Hall–Kier alpha value is -1.63. The fourth-order valence-electron chi connectivity index (χ4n) is 2.33. The van der Waals surface area contributed by atoms with E-state index in [2.05, 4.69) is 5.32 Å². The summed E-state index contributed by atoms with van der Waals surface area (Å²) in [6, 6.07) is 2.54. The van der Waals surface area contributed by atoms with Crippen molar-refractivity contribution in [3.63, 3.8) is 0 Å². The lowest BCUT2D eigenvalue weighted by molar-refractivity contribution is -0.117. The van der Waals surface area contributed by atoms with Gasteiger partial charge in [-0.05, 0) is 39.0 Å². The summed E-state index contributed by atoms with van der Waals surface area (Å²) in [5.41, 5.74) is -0.543. The van der Waals surface area contributed by atoms with E-state index < -0.39 is 34.6 Å². The Balaban J connectivity index is 2.21. The predicted molar refractivity (Wildman–Crippen MR) is 84.3 cm³/mol. The molecule has 0 radical (unpaired) electrons. The Kier molecular flexibility index (Phi) is 5.29. The predicted octanol–water partition coefficient (Wildman–Crippen LogP) is 3.61. The van der Waals surface area contributed by atoms with Crippen LogP contribution >= 0.6 is 11.8 Å². The van der Waals surface area contributed by atoms with E-state index in [1.54, 1.807) is 20.8 Å². The highest BCUT2D eigenvalue weighted by Gasteiger charge is 2.35. The van der Waals surface area contributed by atoms with Crippen molar-refractivity contribution in [2.24, 2.45) is 0 Å². The van der Waals surface area contributed by atoms with Gasteiger partial charge in [0, 0.05) is 12.0 Å². The first-order valence-electron chi connectivity index (χ1n) is 7.23. The van der Waals surface area contributed by atoms with Gasteiger partial charge in [0.05, 0.1) is 17.0 Å². The van der Waals surface area contributed by atoms with Crippen LogP contribution in [0, 0.1) is 11.6 Å². The quantitative estimate of drug-likeness (QED) is 0.891. The molecule has 1 aliphatic rings. The Morgan fingerprint density at radius 2 is 2.04 bits per heavy atom. The summed E-state index contributed by atoms with van der Waals surface area (Å²) in [5.74, 6) is -0.971. The van der Waals surface area contributed by atoms with Crippen LogP contribution in [0.15, 0.2) is 18.2 Å². The molecule has 1 aliphatic heterocycles. The number of amides is 1. The minimum absolute atomic E-state index is 0.0517. The van der Waals surface area contributed by atoms with Gasteiger partial charge < -0.3 is 10.1 Å². The maximum absolute atomic E-state index is 14.0. The lowest BCUT2D eigenvalue weighted by Gasteiger charge is -2.32. The number of thioether (sulfide) groups is 1. The molecule has 1 heterocycles. The summed E-state index contributed by atoms with van der Waals surface area (Å²) < 4.78 is 32.6. The Labute approximate surface area is 138 Å². The van der Waals surface area contributed by atoms with E-state index in [0.717, 1.165) is 18.2 Å². The highest BCUT2D eigenvalue weighted by atomic mass is 32.2. The summed E-state index contributed by atoms with van der Waals surface area (Å²) in [6.07, 6.45) is -0.619. The van der Waals surface area contributed by atoms with Crippen molar-refractivity contribution in [2.75, 3.05) is 5.75 Å². The van der Waals surface area contributed by atoms with Gasteiger partial charge in [-0.25, -0.2) is 13.6 Å². The molecule has 2 rings (SSSR count). The number of carbonyl (C=O) groups excluding carboxylic acids is 2. The third kappa shape index (κ3) is 4.92. The van der Waals surface area contributed by atoms with Crippen LogP contribution in [0.1, 0.15) is 38.0 Å². The summed E-state index contributed by atoms with van der Waals surface area (Å²) in [5, 5.41) is 2.06. The molecule has 0 bridgehead atoms. The van der Waals surface area contributed by atoms with Gasteiger partial charge in [-0.2, -0.15) is 0 Å². The molecule has 4 nitrogen and oxygen atoms in total. The van der Waals surface area contributed by atoms with Crippen LogP contribution < -0.4 is 5.32 Å². The fraction of sp³-hybridized carbons (Fsp3) is 0.500. The summed E-state index contributed by atoms with van der Waals surface area (Å²) in [7, 11) is 0. The molecule has 0 spiro atoms. The van der Waals surface area contributed by atoms with Crippen molar-refractivity contribution in [1.82, 2.24) is 5.32 Å². The van der Waals surface area contributed by atoms with E-state index in [4.69, 9.17) is 4.74 Å². The van der Waals surface area contributed by atoms with E-state index in [-0.39, 0.29) is 23.5 Å². The topological polar surface area (TPSA) is 55.4 Å². The third-order valence-electron chi connectivity index (χ3n) is 3.20. The second-order valence-corrected chi connectivity index (χ2v) is 7.52. The molecule has 7 heteroatoms. The van der Waals surface area contributed by atoms with E-state index in [1.165, 1.54) is 11.8 Å². The number of alkyl carbamates (subject to hydrolysis) is 1. The van der Waals surface area contributed by atoms with Crippen LogP contribution in [0.25, 0.3) is 0 Å². The highest BCUT2D eigenvalue weighted by Crippen LogP contribution is 2.39. The zero-order valence-corrected chi connectivity index (χ0v) is 14.0. The van der Waals surface area contributed by atoms with Crippen molar-refractivity contribution in [3.05, 3.63) is 35.4 Å². The van der Waals surface area contributed by atoms with Crippen LogP contribution in [0.5, 0.6) is 0 Å². The Bertz CT molecular complexity index is 616. The maximum Gasteiger partial charge on any atom is 0.407 e. The molecule has 1 unspecified atom stereocenters. The van der Waals surface area contributed by atoms with Crippen molar-refractivity contribution < 1.29 is 23.1 Å². The van der Waals surface area contributed by atoms with Crippen LogP contribution in [0.2, 0.25) is 0 Å². The lowest BCUT2D eigenvalue weighted by Crippen LogP contribution is -2.45. The maximum atomic E-state index is 14.0. The number of ketones is 1. The van der Waals surface area contributed by atoms with Crippen LogP contribution in [-0.4, -0.2) is 29.3 Å². The van der Waals surface area contributed by atoms with Gasteiger partial charge in [0.15, 0.2) is 0 Å². The number of rotatable bonds is 2. The normalized spacial score (nSPS) is 21.9. The van der Waals surface area contributed by atoms with Gasteiger partial charge >= 0.3 is 6.09 Å². The molecule has 2 atom stereocenters. The van der Waals surface area contributed by atoms with Crippen LogP contribution in [0.4, 0.5) is 13.6 Å². The first-order chi connectivity index (χ1) is 10.7. The largest absolute Gasteiger partial charge is 0.444 e. The van der Waals surface area contributed by atoms with E-state index in [9.17, 15) is 18.4 Å². The number of carbonyl (C=O) groups is 2. The summed E-state index contributed by atoms with van der Waals surface area (Å²) >= 11 is 1.19. The third-order valence-corrected chi connectivity index (χ3v) is 4.63. The average molecular weight is 343 g/mol. The molecular formula is C16H19F2NO3S. The minimum Gasteiger partial charge on any atom is -0.444 e. The van der Waals surface area contributed by atoms with Crippen LogP contribution in [-0.2, 0) is 9.53 Å². The summed E-state index contributed by atoms with van der Waals surface area (Å²) in [4.78, 5) is 23.6. The molecule has 0 saturated carbocycles. The highest BCUT2D eigenvalue weighted by molar-refractivity contribution is 8.00. The van der Waals surface area contributed by atoms with Crippen LogP contribution in [0.3, 0.4) is 0 Å². The molecular weight excluding hydrogens is 324 g/mol. The van der Waals surface area contributed by atoms with Crippen molar-refractivity contribution in [3.8, 4) is 0 Å². The number of hydrogen-bond donors (Lipinski definition) is 1. The second-order valence-electron chi connectivity index (χ2n) is 6.39. The second kappa shape index (κ2) is 6.86. The van der Waals surface area contributed by atoms with E-state index >= 15 is 0 Å². The number of nitrogens with one attached hydrogen (secondary N) is 1. The van der Waals surface area contributed by atoms with Gasteiger partial charge in [-0.1, -0.05) is 0 Å². The minimum atomic E-state index is -0.685. The lowest BCUT2D eigenvalue weighted by atomic mass is 9.99.